The van der Waals surface area contributed by atoms with Crippen LogP contribution in [0.25, 0.3) is 11.3 Å². The number of rotatable bonds is 7. The van der Waals surface area contributed by atoms with Gasteiger partial charge in [-0.1, -0.05) is 18.1 Å². The maximum atomic E-state index is 14.6. The molecule has 0 spiro atoms. The third kappa shape index (κ3) is 4.03. The Morgan fingerprint density at radius 3 is 2.58 bits per heavy atom. The summed E-state index contributed by atoms with van der Waals surface area (Å²) in [7, 11) is 0. The highest BCUT2D eigenvalue weighted by atomic mass is 19.1. The van der Waals surface area contributed by atoms with Gasteiger partial charge in [-0.2, -0.15) is 0 Å². The minimum absolute atomic E-state index is 0.0484. The van der Waals surface area contributed by atoms with Gasteiger partial charge < -0.3 is 19.3 Å². The van der Waals surface area contributed by atoms with E-state index < -0.39 is 17.6 Å². The standard InChI is InChI=1S/C26H26F2N4O4/c1-13-7-15-8-16(9-21(13)32(15)22-11-29-20(10-30-22)26(33)34)35-12-17-24(31-36-25(17)14-5-6-14)23-18(27)3-2-4-19(23)28/h2-4,10-11,13-16,21H,5-9,12H2,1H3,(H,33,34)/t13-,15?,16?,21?/m1/s1. The number of halogens is 2. The summed E-state index contributed by atoms with van der Waals surface area (Å²) >= 11 is 0. The Kier molecular flexibility index (Phi) is 5.70. The van der Waals surface area contributed by atoms with Crippen molar-refractivity contribution >= 4 is 11.8 Å². The first-order valence-electron chi connectivity index (χ1n) is 12.3. The molecular weight excluding hydrogens is 470 g/mol. The number of hydrogen-bond acceptors (Lipinski definition) is 7. The molecule has 3 unspecified atom stereocenters. The predicted octanol–water partition coefficient (Wildman–Crippen LogP) is 4.95. The lowest BCUT2D eigenvalue weighted by Gasteiger charge is -2.40. The van der Waals surface area contributed by atoms with Crippen LogP contribution in [0.3, 0.4) is 0 Å². The number of benzene rings is 1. The van der Waals surface area contributed by atoms with Crippen LogP contribution in [0.4, 0.5) is 14.6 Å². The second-order valence-electron chi connectivity index (χ2n) is 10.1. The second kappa shape index (κ2) is 8.92. The molecule has 6 rings (SSSR count). The topological polar surface area (TPSA) is 102 Å². The van der Waals surface area contributed by atoms with E-state index in [1.165, 1.54) is 30.6 Å². The summed E-state index contributed by atoms with van der Waals surface area (Å²) in [6.07, 6.45) is 7.18. The van der Waals surface area contributed by atoms with Gasteiger partial charge in [-0.3, -0.25) is 0 Å². The smallest absolute Gasteiger partial charge is 0.356 e. The van der Waals surface area contributed by atoms with E-state index in [0.29, 0.717) is 23.1 Å². The number of anilines is 1. The zero-order valence-corrected chi connectivity index (χ0v) is 19.7. The first-order valence-corrected chi connectivity index (χ1v) is 12.3. The Morgan fingerprint density at radius 2 is 1.94 bits per heavy atom. The van der Waals surface area contributed by atoms with Crippen molar-refractivity contribution in [2.45, 2.75) is 69.7 Å². The average molecular weight is 497 g/mol. The monoisotopic (exact) mass is 496 g/mol. The second-order valence-corrected chi connectivity index (χ2v) is 10.1. The van der Waals surface area contributed by atoms with Crippen LogP contribution >= 0.6 is 0 Å². The minimum Gasteiger partial charge on any atom is -0.476 e. The van der Waals surface area contributed by atoms with Gasteiger partial charge >= 0.3 is 5.97 Å². The molecule has 4 heterocycles. The predicted molar refractivity (Wildman–Crippen MR) is 124 cm³/mol. The summed E-state index contributed by atoms with van der Waals surface area (Å²) in [6, 6.07) is 4.12. The fraction of sp³-hybridized carbons (Fsp3) is 0.462. The van der Waals surface area contributed by atoms with Gasteiger partial charge in [-0.25, -0.2) is 23.5 Å². The number of aromatic carboxylic acids is 1. The number of carboxylic acid groups (broad SMARTS) is 1. The van der Waals surface area contributed by atoms with Gasteiger partial charge in [0.1, 0.15) is 28.9 Å². The molecule has 4 atom stereocenters. The molecule has 3 fully saturated rings. The number of ether oxygens (including phenoxy) is 1. The number of fused-ring (bicyclic) bond motifs is 2. The summed E-state index contributed by atoms with van der Waals surface area (Å²) in [5.41, 5.74) is 0.535. The zero-order valence-electron chi connectivity index (χ0n) is 19.7. The summed E-state index contributed by atoms with van der Waals surface area (Å²) in [4.78, 5) is 21.8. The fourth-order valence-corrected chi connectivity index (χ4v) is 5.78. The number of aromatic nitrogens is 3. The summed E-state index contributed by atoms with van der Waals surface area (Å²) in [5, 5.41) is 13.2. The van der Waals surface area contributed by atoms with Crippen LogP contribution in [0.1, 0.15) is 66.8 Å². The molecule has 8 nitrogen and oxygen atoms in total. The van der Waals surface area contributed by atoms with Gasteiger partial charge in [0, 0.05) is 23.6 Å². The largest absolute Gasteiger partial charge is 0.476 e. The molecule has 10 heteroatoms. The molecule has 1 aromatic carbocycles. The third-order valence-electron chi connectivity index (χ3n) is 7.64. The molecule has 0 radical (unpaired) electrons. The Bertz CT molecular complexity index is 1270. The molecule has 2 aliphatic heterocycles. The summed E-state index contributed by atoms with van der Waals surface area (Å²) in [5.74, 6) is -0.508. The molecule has 3 aromatic rings. The van der Waals surface area contributed by atoms with E-state index in [2.05, 4.69) is 26.9 Å². The molecule has 188 valence electrons. The lowest BCUT2D eigenvalue weighted by atomic mass is 9.97. The lowest BCUT2D eigenvalue weighted by Crippen LogP contribution is -2.47. The van der Waals surface area contributed by atoms with E-state index in [-0.39, 0.29) is 47.7 Å². The first kappa shape index (κ1) is 23.0. The van der Waals surface area contributed by atoms with Crippen LogP contribution < -0.4 is 4.90 Å². The summed E-state index contributed by atoms with van der Waals surface area (Å²) in [6.45, 7) is 2.37. The van der Waals surface area contributed by atoms with Gasteiger partial charge in [0.05, 0.1) is 30.7 Å². The molecular formula is C26H26F2N4O4. The summed E-state index contributed by atoms with van der Waals surface area (Å²) < 4.78 is 41.0. The normalized spacial score (nSPS) is 25.4. The maximum absolute atomic E-state index is 14.6. The highest BCUT2D eigenvalue weighted by molar-refractivity contribution is 5.84. The minimum atomic E-state index is -1.11. The Morgan fingerprint density at radius 1 is 1.17 bits per heavy atom. The van der Waals surface area contributed by atoms with Crippen molar-refractivity contribution in [2.75, 3.05) is 4.90 Å². The van der Waals surface area contributed by atoms with Crippen molar-refractivity contribution < 1.29 is 27.9 Å². The first-order chi connectivity index (χ1) is 17.4. The number of carboxylic acids is 1. The Labute approximate surface area is 206 Å². The highest BCUT2D eigenvalue weighted by Crippen LogP contribution is 2.46. The van der Waals surface area contributed by atoms with Crippen molar-refractivity contribution in [1.82, 2.24) is 15.1 Å². The number of piperidine rings is 1. The van der Waals surface area contributed by atoms with Crippen molar-refractivity contribution in [3.8, 4) is 11.3 Å². The molecule has 3 aliphatic rings. The quantitative estimate of drug-likeness (QED) is 0.490. The van der Waals surface area contributed by atoms with Crippen LogP contribution in [0.2, 0.25) is 0 Å². The Hall–Kier alpha value is -3.40. The molecule has 1 N–H and O–H groups in total. The number of nitrogens with zero attached hydrogens (tertiary/aromatic N) is 4. The van der Waals surface area contributed by atoms with Gasteiger partial charge in [-0.05, 0) is 50.2 Å². The van der Waals surface area contributed by atoms with E-state index in [1.807, 2.05) is 0 Å². The average Bonchev–Trinajstić information content (AvgIpc) is 3.58. The van der Waals surface area contributed by atoms with Crippen molar-refractivity contribution in [2.24, 2.45) is 5.92 Å². The fourth-order valence-electron chi connectivity index (χ4n) is 5.78. The van der Waals surface area contributed by atoms with Crippen LogP contribution in [0.5, 0.6) is 0 Å². The van der Waals surface area contributed by atoms with E-state index in [9.17, 15) is 13.6 Å². The van der Waals surface area contributed by atoms with Crippen molar-refractivity contribution in [1.29, 1.82) is 0 Å². The van der Waals surface area contributed by atoms with Crippen molar-refractivity contribution in [3.05, 3.63) is 59.2 Å². The van der Waals surface area contributed by atoms with E-state index in [0.717, 1.165) is 32.1 Å². The highest BCUT2D eigenvalue weighted by Gasteiger charge is 2.46. The molecule has 2 bridgehead atoms. The van der Waals surface area contributed by atoms with Crippen LogP contribution in [-0.4, -0.2) is 44.4 Å². The molecule has 0 amide bonds. The van der Waals surface area contributed by atoms with E-state index in [4.69, 9.17) is 14.4 Å². The van der Waals surface area contributed by atoms with E-state index >= 15 is 0 Å². The lowest BCUT2D eigenvalue weighted by molar-refractivity contribution is 0.0134. The van der Waals surface area contributed by atoms with Crippen LogP contribution in [-0.2, 0) is 11.3 Å². The van der Waals surface area contributed by atoms with Crippen LogP contribution in [0.15, 0.2) is 35.1 Å². The number of carbonyl (C=O) groups is 1. The SMILES string of the molecule is C[C@@H]1CC2CC(OCc3c(-c4c(F)cccc4F)noc3C3CC3)CC1N2c1cnc(C(=O)O)cn1. The molecule has 1 aliphatic carbocycles. The van der Waals surface area contributed by atoms with Gasteiger partial charge in [-0.15, -0.1) is 0 Å². The zero-order chi connectivity index (χ0) is 25.0. The maximum Gasteiger partial charge on any atom is 0.356 e. The Balaban J connectivity index is 1.21. The third-order valence-corrected chi connectivity index (χ3v) is 7.64. The van der Waals surface area contributed by atoms with Gasteiger partial charge in [0.15, 0.2) is 5.69 Å². The van der Waals surface area contributed by atoms with Crippen molar-refractivity contribution in [3.63, 3.8) is 0 Å². The molecule has 2 aromatic heterocycles. The van der Waals surface area contributed by atoms with Crippen LogP contribution in [0, 0.1) is 17.6 Å². The molecule has 36 heavy (non-hydrogen) atoms. The van der Waals surface area contributed by atoms with Gasteiger partial charge in [0.2, 0.25) is 0 Å². The molecule has 1 saturated carbocycles. The molecule has 2 saturated heterocycles. The van der Waals surface area contributed by atoms with E-state index in [1.54, 1.807) is 0 Å². The van der Waals surface area contributed by atoms with Gasteiger partial charge in [0.25, 0.3) is 0 Å². The number of hydrogen-bond donors (Lipinski definition) is 1.